The maximum absolute atomic E-state index is 11.6. The predicted molar refractivity (Wildman–Crippen MR) is 60.3 cm³/mol. The highest BCUT2D eigenvalue weighted by Gasteiger charge is 2.11. The van der Waals surface area contributed by atoms with E-state index < -0.39 is 0 Å². The first kappa shape index (κ1) is 12.1. The average Bonchev–Trinajstić information content (AvgIpc) is 2.61. The minimum Gasteiger partial charge on any atom is -0.469 e. The molecule has 4 heteroatoms. The zero-order valence-corrected chi connectivity index (χ0v) is 9.80. The second kappa shape index (κ2) is 5.81. The minimum absolute atomic E-state index is 0.0809. The molecule has 0 fully saturated rings. The van der Waals surface area contributed by atoms with Crippen LogP contribution >= 0.6 is 11.6 Å². The lowest BCUT2D eigenvalue weighted by Gasteiger charge is -2.10. The molecule has 1 atom stereocenters. The monoisotopic (exact) mass is 229 g/mol. The quantitative estimate of drug-likeness (QED) is 0.789. The number of hydrogen-bond donors (Lipinski definition) is 1. The maximum atomic E-state index is 11.6. The van der Waals surface area contributed by atoms with E-state index in [4.69, 9.17) is 16.0 Å². The van der Waals surface area contributed by atoms with E-state index in [1.165, 1.54) is 6.26 Å². The van der Waals surface area contributed by atoms with Crippen molar-refractivity contribution in [3.8, 4) is 0 Å². The first-order valence-electron chi connectivity index (χ1n) is 5.03. The summed E-state index contributed by atoms with van der Waals surface area (Å²) in [6.45, 7) is 4.48. The van der Waals surface area contributed by atoms with Gasteiger partial charge in [0.2, 0.25) is 0 Å². The Morgan fingerprint density at radius 3 is 2.93 bits per heavy atom. The van der Waals surface area contributed by atoms with Gasteiger partial charge in [0.25, 0.3) is 5.91 Å². The van der Waals surface area contributed by atoms with Gasteiger partial charge in [0, 0.05) is 12.4 Å². The summed E-state index contributed by atoms with van der Waals surface area (Å²) in [5.74, 6) is 1.60. The summed E-state index contributed by atoms with van der Waals surface area (Å²) in [5, 5.41) is 2.85. The third kappa shape index (κ3) is 3.59. The zero-order chi connectivity index (χ0) is 11.3. The Balaban J connectivity index is 2.40. The largest absolute Gasteiger partial charge is 0.469 e. The van der Waals surface area contributed by atoms with Crippen LogP contribution in [0.5, 0.6) is 0 Å². The number of aryl methyl sites for hydroxylation is 1. The van der Waals surface area contributed by atoms with Crippen LogP contribution in [0.4, 0.5) is 0 Å². The second-order valence-electron chi connectivity index (χ2n) is 3.68. The first-order valence-corrected chi connectivity index (χ1v) is 5.57. The predicted octanol–water partition coefficient (Wildman–Crippen LogP) is 2.58. The van der Waals surface area contributed by atoms with Crippen LogP contribution in [-0.2, 0) is 0 Å². The van der Waals surface area contributed by atoms with Gasteiger partial charge >= 0.3 is 0 Å². The molecule has 0 aromatic carbocycles. The third-order valence-electron chi connectivity index (χ3n) is 2.32. The summed E-state index contributed by atoms with van der Waals surface area (Å²) in [5.41, 5.74) is 0.605. The third-order valence-corrected chi connectivity index (χ3v) is 2.53. The molecule has 1 amide bonds. The number of hydrogen-bond acceptors (Lipinski definition) is 2. The van der Waals surface area contributed by atoms with Crippen molar-refractivity contribution in [1.29, 1.82) is 0 Å². The second-order valence-corrected chi connectivity index (χ2v) is 4.06. The van der Waals surface area contributed by atoms with E-state index in [-0.39, 0.29) is 5.91 Å². The van der Waals surface area contributed by atoms with Crippen LogP contribution in [0.25, 0.3) is 0 Å². The number of nitrogens with one attached hydrogen (secondary N) is 1. The normalized spacial score (nSPS) is 12.5. The molecule has 0 aliphatic carbocycles. The molecule has 1 N–H and O–H groups in total. The van der Waals surface area contributed by atoms with Gasteiger partial charge in [-0.2, -0.15) is 0 Å². The maximum Gasteiger partial charge on any atom is 0.254 e. The Morgan fingerprint density at radius 1 is 1.67 bits per heavy atom. The van der Waals surface area contributed by atoms with Crippen molar-refractivity contribution in [1.82, 2.24) is 5.32 Å². The molecule has 0 aliphatic rings. The molecule has 1 aromatic rings. The summed E-state index contributed by atoms with van der Waals surface area (Å²) in [6.07, 6.45) is 2.43. The molecule has 3 nitrogen and oxygen atoms in total. The highest BCUT2D eigenvalue weighted by molar-refractivity contribution is 6.17. The molecule has 84 valence electrons. The summed E-state index contributed by atoms with van der Waals surface area (Å²) in [6, 6.07) is 1.68. The first-order chi connectivity index (χ1) is 7.15. The fourth-order valence-corrected chi connectivity index (χ4v) is 1.64. The molecule has 1 heterocycles. The van der Waals surface area contributed by atoms with Crippen LogP contribution in [-0.4, -0.2) is 18.3 Å². The van der Waals surface area contributed by atoms with E-state index in [2.05, 4.69) is 12.2 Å². The standard InChI is InChI=1S/C11H16ClNO2/c1-8(3-5-12)7-13-11(14)10-4-6-15-9(10)2/h4,6,8H,3,5,7H2,1-2H3,(H,13,14). The summed E-state index contributed by atoms with van der Waals surface area (Å²) in [7, 11) is 0. The van der Waals surface area contributed by atoms with E-state index in [0.29, 0.717) is 29.7 Å². The van der Waals surface area contributed by atoms with E-state index in [1.54, 1.807) is 13.0 Å². The minimum atomic E-state index is -0.0809. The van der Waals surface area contributed by atoms with Crippen molar-refractivity contribution in [2.45, 2.75) is 20.3 Å². The number of carbonyl (C=O) groups is 1. The Bertz CT molecular complexity index is 322. The van der Waals surface area contributed by atoms with Gasteiger partial charge in [-0.3, -0.25) is 4.79 Å². The van der Waals surface area contributed by atoms with Crippen molar-refractivity contribution in [3.05, 3.63) is 23.7 Å². The zero-order valence-electron chi connectivity index (χ0n) is 9.05. The molecule has 1 rings (SSSR count). The number of amides is 1. The van der Waals surface area contributed by atoms with Gasteiger partial charge in [0.15, 0.2) is 0 Å². The van der Waals surface area contributed by atoms with Gasteiger partial charge < -0.3 is 9.73 Å². The van der Waals surface area contributed by atoms with Crippen molar-refractivity contribution in [2.24, 2.45) is 5.92 Å². The number of carbonyl (C=O) groups excluding carboxylic acids is 1. The van der Waals surface area contributed by atoms with Gasteiger partial charge in [-0.15, -0.1) is 11.6 Å². The van der Waals surface area contributed by atoms with E-state index in [1.807, 2.05) is 0 Å². The van der Waals surface area contributed by atoms with Gasteiger partial charge in [-0.25, -0.2) is 0 Å². The topological polar surface area (TPSA) is 42.2 Å². The number of halogens is 1. The van der Waals surface area contributed by atoms with Crippen molar-refractivity contribution < 1.29 is 9.21 Å². The van der Waals surface area contributed by atoms with Crippen LogP contribution in [0.15, 0.2) is 16.7 Å². The molecular weight excluding hydrogens is 214 g/mol. The van der Waals surface area contributed by atoms with Crippen LogP contribution in [0.3, 0.4) is 0 Å². The lowest BCUT2D eigenvalue weighted by atomic mass is 10.1. The van der Waals surface area contributed by atoms with Crippen LogP contribution in [0, 0.1) is 12.8 Å². The van der Waals surface area contributed by atoms with Crippen LogP contribution in [0.2, 0.25) is 0 Å². The summed E-state index contributed by atoms with van der Waals surface area (Å²) in [4.78, 5) is 11.6. The van der Waals surface area contributed by atoms with Gasteiger partial charge in [-0.05, 0) is 25.3 Å². The number of furan rings is 1. The summed E-state index contributed by atoms with van der Waals surface area (Å²) < 4.78 is 5.06. The highest BCUT2D eigenvalue weighted by Crippen LogP contribution is 2.08. The smallest absolute Gasteiger partial charge is 0.254 e. The average molecular weight is 230 g/mol. The van der Waals surface area contributed by atoms with Gasteiger partial charge in [0.05, 0.1) is 11.8 Å². The molecule has 0 radical (unpaired) electrons. The molecule has 0 saturated carbocycles. The number of rotatable bonds is 5. The molecule has 1 aromatic heterocycles. The molecule has 1 unspecified atom stereocenters. The lowest BCUT2D eigenvalue weighted by molar-refractivity contribution is 0.0946. The SMILES string of the molecule is Cc1occc1C(=O)NCC(C)CCCl. The lowest BCUT2D eigenvalue weighted by Crippen LogP contribution is -2.28. The fraction of sp³-hybridized carbons (Fsp3) is 0.545. The van der Waals surface area contributed by atoms with E-state index in [0.717, 1.165) is 6.42 Å². The Labute approximate surface area is 94.8 Å². The van der Waals surface area contributed by atoms with Crippen LogP contribution < -0.4 is 5.32 Å². The molecular formula is C11H16ClNO2. The van der Waals surface area contributed by atoms with Gasteiger partial charge in [-0.1, -0.05) is 6.92 Å². The molecule has 0 aliphatic heterocycles. The molecule has 0 bridgehead atoms. The van der Waals surface area contributed by atoms with Crippen molar-refractivity contribution in [3.63, 3.8) is 0 Å². The fourth-order valence-electron chi connectivity index (χ4n) is 1.27. The Kier molecular flexibility index (Phi) is 4.69. The van der Waals surface area contributed by atoms with E-state index >= 15 is 0 Å². The summed E-state index contributed by atoms with van der Waals surface area (Å²) >= 11 is 5.61. The highest BCUT2D eigenvalue weighted by atomic mass is 35.5. The molecule has 15 heavy (non-hydrogen) atoms. The van der Waals surface area contributed by atoms with E-state index in [9.17, 15) is 4.79 Å². The Morgan fingerprint density at radius 2 is 2.40 bits per heavy atom. The molecule has 0 spiro atoms. The molecule has 0 saturated heterocycles. The van der Waals surface area contributed by atoms with Crippen LogP contribution in [0.1, 0.15) is 29.5 Å². The van der Waals surface area contributed by atoms with Gasteiger partial charge in [0.1, 0.15) is 5.76 Å². The van der Waals surface area contributed by atoms with Crippen molar-refractivity contribution in [2.75, 3.05) is 12.4 Å². The number of alkyl halides is 1. The Hall–Kier alpha value is -0.960. The van der Waals surface area contributed by atoms with Crippen molar-refractivity contribution >= 4 is 17.5 Å².